The molecule has 0 unspecified atom stereocenters. The van der Waals surface area contributed by atoms with Crippen LogP contribution in [0.5, 0.6) is 0 Å². The Hall–Kier alpha value is -2.92. The average molecular weight is 735 g/mol. The summed E-state index contributed by atoms with van der Waals surface area (Å²) in [6, 6.07) is 15.8. The topological polar surface area (TPSA) is 24.7 Å². The Morgan fingerprint density at radius 2 is 1.06 bits per heavy atom. The second kappa shape index (κ2) is 33.4. The first-order valence-corrected chi connectivity index (χ1v) is 23.2. The van der Waals surface area contributed by atoms with Crippen LogP contribution in [0, 0.1) is 11.8 Å². The van der Waals surface area contributed by atoms with Gasteiger partial charge in [-0.1, -0.05) is 187 Å². The second-order valence-corrected chi connectivity index (χ2v) is 15.8. The summed E-state index contributed by atoms with van der Waals surface area (Å²) in [6.07, 6.45) is 41.0. The minimum atomic E-state index is 0.933. The fourth-order valence-corrected chi connectivity index (χ4v) is 7.11. The van der Waals surface area contributed by atoms with E-state index in [0.29, 0.717) is 0 Å². The van der Waals surface area contributed by atoms with Crippen molar-refractivity contribution in [3.63, 3.8) is 0 Å². The second-order valence-electron chi connectivity index (χ2n) is 15.8. The van der Waals surface area contributed by atoms with Crippen LogP contribution < -0.4 is 0 Å². The van der Waals surface area contributed by atoms with Crippen LogP contribution >= 0.6 is 0 Å². The quantitative estimate of drug-likeness (QED) is 0.0406. The predicted molar refractivity (Wildman–Crippen MR) is 244 cm³/mol. The number of aliphatic imine (C=N–C) groups is 2. The van der Waals surface area contributed by atoms with Crippen molar-refractivity contribution in [1.82, 2.24) is 0 Å². The maximum absolute atomic E-state index is 5.48. The zero-order valence-electron chi connectivity index (χ0n) is 36.1. The SMILES string of the molecule is CCCCCCCCC/C=C/C(=Nc1cc(CCCCC)cc(CCCCC)c1)C(CCCCC)=Nc1cccc(C#CCCCCCCCCCC)c1. The highest BCUT2D eigenvalue weighted by molar-refractivity contribution is 6.47. The van der Waals surface area contributed by atoms with Gasteiger partial charge in [-0.15, -0.1) is 0 Å². The average Bonchev–Trinajstić information content (AvgIpc) is 3.17. The Labute approximate surface area is 335 Å². The first-order valence-electron chi connectivity index (χ1n) is 23.2. The van der Waals surface area contributed by atoms with Crippen molar-refractivity contribution in [2.24, 2.45) is 9.98 Å². The van der Waals surface area contributed by atoms with Crippen LogP contribution in [0.1, 0.15) is 225 Å². The summed E-state index contributed by atoms with van der Waals surface area (Å²) in [6.45, 7) is 11.5. The van der Waals surface area contributed by atoms with E-state index in [4.69, 9.17) is 9.98 Å². The van der Waals surface area contributed by atoms with E-state index in [1.165, 1.54) is 159 Å². The Morgan fingerprint density at radius 1 is 0.519 bits per heavy atom. The lowest BCUT2D eigenvalue weighted by Gasteiger charge is -2.11. The highest BCUT2D eigenvalue weighted by Gasteiger charge is 2.10. The molecule has 0 aliphatic carbocycles. The molecule has 54 heavy (non-hydrogen) atoms. The number of rotatable bonds is 32. The van der Waals surface area contributed by atoms with Gasteiger partial charge in [0, 0.05) is 12.0 Å². The molecular weight excluding hydrogens is 653 g/mol. The highest BCUT2D eigenvalue weighted by atomic mass is 14.8. The van der Waals surface area contributed by atoms with E-state index < -0.39 is 0 Å². The lowest BCUT2D eigenvalue weighted by molar-refractivity contribution is 0.579. The maximum Gasteiger partial charge on any atom is 0.0848 e. The molecular formula is C52H82N2. The third-order valence-corrected chi connectivity index (χ3v) is 10.5. The van der Waals surface area contributed by atoms with Crippen LogP contribution in [0.2, 0.25) is 0 Å². The molecule has 300 valence electrons. The molecule has 2 aromatic rings. The largest absolute Gasteiger partial charge is 0.251 e. The zero-order valence-corrected chi connectivity index (χ0v) is 36.1. The van der Waals surface area contributed by atoms with Crippen LogP contribution in [0.25, 0.3) is 0 Å². The lowest BCUT2D eigenvalue weighted by atomic mass is 10.00. The summed E-state index contributed by atoms with van der Waals surface area (Å²) in [5.74, 6) is 6.92. The van der Waals surface area contributed by atoms with Gasteiger partial charge >= 0.3 is 0 Å². The third kappa shape index (κ3) is 23.8. The third-order valence-electron chi connectivity index (χ3n) is 10.5. The molecule has 0 aliphatic heterocycles. The van der Waals surface area contributed by atoms with E-state index in [1.807, 2.05) is 0 Å². The first kappa shape index (κ1) is 47.2. The molecule has 0 heterocycles. The summed E-state index contributed by atoms with van der Waals surface area (Å²) in [4.78, 5) is 10.9. The van der Waals surface area contributed by atoms with Gasteiger partial charge in [-0.2, -0.15) is 0 Å². The molecule has 2 rings (SSSR count). The predicted octanol–water partition coefficient (Wildman–Crippen LogP) is 17.2. The first-order chi connectivity index (χ1) is 26.6. The van der Waals surface area contributed by atoms with Gasteiger partial charge in [-0.3, -0.25) is 4.99 Å². The smallest absolute Gasteiger partial charge is 0.0848 e. The minimum absolute atomic E-state index is 0.933. The van der Waals surface area contributed by atoms with Gasteiger partial charge in [-0.25, -0.2) is 4.99 Å². The normalized spacial score (nSPS) is 12.1. The van der Waals surface area contributed by atoms with Crippen molar-refractivity contribution in [3.05, 3.63) is 71.3 Å². The Balaban J connectivity index is 2.38. The summed E-state index contributed by atoms with van der Waals surface area (Å²) < 4.78 is 0. The summed E-state index contributed by atoms with van der Waals surface area (Å²) in [5.41, 5.74) is 8.15. The lowest BCUT2D eigenvalue weighted by Crippen LogP contribution is -2.12. The van der Waals surface area contributed by atoms with Crippen molar-refractivity contribution in [3.8, 4) is 11.8 Å². The van der Waals surface area contributed by atoms with Crippen molar-refractivity contribution in [2.75, 3.05) is 0 Å². The number of aryl methyl sites for hydroxylation is 2. The number of unbranched alkanes of at least 4 members (excludes halogenated alkanes) is 21. The number of hydrogen-bond acceptors (Lipinski definition) is 2. The summed E-state index contributed by atoms with van der Waals surface area (Å²) in [7, 11) is 0. The molecule has 0 saturated carbocycles. The van der Waals surface area contributed by atoms with Crippen molar-refractivity contribution in [2.45, 2.75) is 221 Å². The van der Waals surface area contributed by atoms with Crippen LogP contribution in [-0.4, -0.2) is 11.4 Å². The Kier molecular flexibility index (Phi) is 29.2. The van der Waals surface area contributed by atoms with E-state index in [2.05, 4.69) is 101 Å². The Bertz CT molecular complexity index is 1340. The van der Waals surface area contributed by atoms with Gasteiger partial charge in [0.1, 0.15) is 0 Å². The maximum atomic E-state index is 5.48. The van der Waals surface area contributed by atoms with E-state index in [-0.39, 0.29) is 0 Å². The number of benzene rings is 2. The molecule has 0 aromatic heterocycles. The van der Waals surface area contributed by atoms with Crippen molar-refractivity contribution < 1.29 is 0 Å². The number of hydrogen-bond donors (Lipinski definition) is 0. The van der Waals surface area contributed by atoms with Gasteiger partial charge in [-0.05, 0) is 105 Å². The molecule has 0 atom stereocenters. The fourth-order valence-electron chi connectivity index (χ4n) is 7.11. The molecule has 0 bridgehead atoms. The minimum Gasteiger partial charge on any atom is -0.251 e. The molecule has 0 saturated heterocycles. The molecule has 0 N–H and O–H groups in total. The van der Waals surface area contributed by atoms with Gasteiger partial charge in [0.25, 0.3) is 0 Å². The van der Waals surface area contributed by atoms with Gasteiger partial charge in [0.15, 0.2) is 0 Å². The Morgan fingerprint density at radius 3 is 1.67 bits per heavy atom. The summed E-state index contributed by atoms with van der Waals surface area (Å²) in [5, 5.41) is 0. The van der Waals surface area contributed by atoms with Crippen LogP contribution in [0.4, 0.5) is 11.4 Å². The van der Waals surface area contributed by atoms with Crippen molar-refractivity contribution >= 4 is 22.8 Å². The molecule has 0 fully saturated rings. The number of allylic oxidation sites excluding steroid dienone is 2. The van der Waals surface area contributed by atoms with E-state index in [1.54, 1.807) is 0 Å². The summed E-state index contributed by atoms with van der Waals surface area (Å²) >= 11 is 0. The zero-order chi connectivity index (χ0) is 38.7. The molecule has 0 radical (unpaired) electrons. The van der Waals surface area contributed by atoms with Gasteiger partial charge in [0.2, 0.25) is 0 Å². The van der Waals surface area contributed by atoms with E-state index in [0.717, 1.165) is 66.9 Å². The van der Waals surface area contributed by atoms with Crippen LogP contribution in [-0.2, 0) is 12.8 Å². The molecule has 0 aliphatic rings. The van der Waals surface area contributed by atoms with Gasteiger partial charge < -0.3 is 0 Å². The van der Waals surface area contributed by atoms with E-state index >= 15 is 0 Å². The molecule has 0 amide bonds. The molecule has 0 spiro atoms. The molecule has 2 aromatic carbocycles. The van der Waals surface area contributed by atoms with Gasteiger partial charge in [0.05, 0.1) is 22.8 Å². The standard InChI is InChI=1S/C52H82N2/c1-6-11-16-18-20-22-24-25-27-32-35-46-38-34-39-49(43-46)53-51(40-31-15-10-5)52(41-33-28-26-23-21-19-17-12-7-2)54-50-44-47(36-29-13-8-3)42-48(45-50)37-30-14-9-4/h33-34,38-39,41-45H,6-31,36-37,40H2,1-5H3/b41-33+,53-51?,54-52?. The van der Waals surface area contributed by atoms with Crippen molar-refractivity contribution in [1.29, 1.82) is 0 Å². The highest BCUT2D eigenvalue weighted by Crippen LogP contribution is 2.24. The van der Waals surface area contributed by atoms with Crippen LogP contribution in [0.3, 0.4) is 0 Å². The molecule has 2 heteroatoms. The number of nitrogens with zero attached hydrogens (tertiary/aromatic N) is 2. The molecule has 2 nitrogen and oxygen atoms in total. The monoisotopic (exact) mass is 735 g/mol. The fraction of sp³-hybridized carbons (Fsp3) is 0.654. The van der Waals surface area contributed by atoms with E-state index in [9.17, 15) is 0 Å². The van der Waals surface area contributed by atoms with Crippen LogP contribution in [0.15, 0.2) is 64.6 Å².